The molecule has 1 atom stereocenters. The second kappa shape index (κ2) is 5.87. The Morgan fingerprint density at radius 3 is 2.94 bits per heavy atom. The number of nitrogens with zero attached hydrogens (tertiary/aromatic N) is 2. The van der Waals surface area contributed by atoms with Gasteiger partial charge < -0.3 is 16.0 Å². The number of aromatic nitrogens is 1. The molecule has 1 fully saturated rings. The van der Waals surface area contributed by atoms with Crippen molar-refractivity contribution in [2.24, 2.45) is 5.92 Å². The lowest BCUT2D eigenvalue weighted by Gasteiger charge is -2.21. The van der Waals surface area contributed by atoms with Gasteiger partial charge in [0.25, 0.3) is 0 Å². The number of hydrogen-bond acceptors (Lipinski definition) is 4. The number of nitrogens with one attached hydrogen (secondary N) is 1. The highest BCUT2D eigenvalue weighted by molar-refractivity contribution is 5.64. The molecule has 94 valence electrons. The van der Waals surface area contributed by atoms with Crippen LogP contribution in [0.1, 0.15) is 19.8 Å². The van der Waals surface area contributed by atoms with E-state index in [0.717, 1.165) is 17.9 Å². The van der Waals surface area contributed by atoms with E-state index in [9.17, 15) is 0 Å². The Morgan fingerprint density at radius 1 is 1.47 bits per heavy atom. The first kappa shape index (κ1) is 12.2. The summed E-state index contributed by atoms with van der Waals surface area (Å²) < 4.78 is 0. The van der Waals surface area contributed by atoms with Gasteiger partial charge >= 0.3 is 0 Å². The topological polar surface area (TPSA) is 54.2 Å². The molecule has 2 rings (SSSR count). The Balaban J connectivity index is 1.75. The summed E-state index contributed by atoms with van der Waals surface area (Å²) in [4.78, 5) is 6.53. The quantitative estimate of drug-likeness (QED) is 0.816. The lowest BCUT2D eigenvalue weighted by Crippen LogP contribution is -2.29. The molecule has 1 aromatic heterocycles. The van der Waals surface area contributed by atoms with Crippen molar-refractivity contribution in [2.75, 3.05) is 37.2 Å². The predicted molar refractivity (Wildman–Crippen MR) is 72.0 cm³/mol. The minimum Gasteiger partial charge on any atom is -0.396 e. The molecule has 1 aliphatic rings. The predicted octanol–water partition coefficient (Wildman–Crippen LogP) is 1.81. The van der Waals surface area contributed by atoms with Crippen molar-refractivity contribution in [3.05, 3.63) is 18.5 Å². The van der Waals surface area contributed by atoms with Crippen molar-refractivity contribution < 1.29 is 0 Å². The fourth-order valence-corrected chi connectivity index (χ4v) is 2.32. The van der Waals surface area contributed by atoms with Crippen LogP contribution in [0.5, 0.6) is 0 Å². The first-order chi connectivity index (χ1) is 8.25. The largest absolute Gasteiger partial charge is 0.396 e. The average Bonchev–Trinajstić information content (AvgIpc) is 2.81. The molecule has 1 unspecified atom stereocenters. The van der Waals surface area contributed by atoms with Crippen molar-refractivity contribution >= 4 is 11.4 Å². The molecule has 0 bridgehead atoms. The Bertz CT molecular complexity index is 347. The molecule has 17 heavy (non-hydrogen) atoms. The molecule has 0 spiro atoms. The molecule has 3 N–H and O–H groups in total. The zero-order valence-electron chi connectivity index (χ0n) is 10.5. The van der Waals surface area contributed by atoms with Crippen molar-refractivity contribution in [2.45, 2.75) is 19.8 Å². The molecular formula is C13H22N4. The highest BCUT2D eigenvalue weighted by atomic mass is 15.1. The summed E-state index contributed by atoms with van der Waals surface area (Å²) in [5, 5.41) is 3.39. The van der Waals surface area contributed by atoms with Gasteiger partial charge in [0.15, 0.2) is 0 Å². The summed E-state index contributed by atoms with van der Waals surface area (Å²) in [6.45, 7) is 6.95. The molecule has 4 nitrogen and oxygen atoms in total. The van der Waals surface area contributed by atoms with E-state index < -0.39 is 0 Å². The maximum atomic E-state index is 5.83. The maximum absolute atomic E-state index is 5.83. The van der Waals surface area contributed by atoms with Gasteiger partial charge in [-0.05, 0) is 37.9 Å². The van der Waals surface area contributed by atoms with Gasteiger partial charge in [0.05, 0.1) is 17.6 Å². The molecule has 1 aliphatic heterocycles. The molecule has 4 heteroatoms. The van der Waals surface area contributed by atoms with E-state index in [1.165, 1.54) is 32.5 Å². The van der Waals surface area contributed by atoms with Gasteiger partial charge in [0.2, 0.25) is 0 Å². The average molecular weight is 234 g/mol. The van der Waals surface area contributed by atoms with Crippen LogP contribution in [0, 0.1) is 5.92 Å². The summed E-state index contributed by atoms with van der Waals surface area (Å²) >= 11 is 0. The second-order valence-electron chi connectivity index (χ2n) is 4.96. The monoisotopic (exact) mass is 234 g/mol. The second-order valence-corrected chi connectivity index (χ2v) is 4.96. The molecule has 2 heterocycles. The van der Waals surface area contributed by atoms with E-state index in [1.807, 2.05) is 6.07 Å². The number of likely N-dealkylation sites (tertiary alicyclic amines) is 1. The van der Waals surface area contributed by atoms with Crippen LogP contribution in [0.4, 0.5) is 11.4 Å². The van der Waals surface area contributed by atoms with Gasteiger partial charge in [0.1, 0.15) is 0 Å². The lowest BCUT2D eigenvalue weighted by molar-refractivity contribution is 0.294. The van der Waals surface area contributed by atoms with E-state index in [1.54, 1.807) is 12.4 Å². The molecule has 0 saturated carbocycles. The van der Waals surface area contributed by atoms with Crippen LogP contribution >= 0.6 is 0 Å². The fourth-order valence-electron chi connectivity index (χ4n) is 2.32. The minimum absolute atomic E-state index is 0.640. The van der Waals surface area contributed by atoms with Crippen LogP contribution in [0.2, 0.25) is 0 Å². The van der Waals surface area contributed by atoms with E-state index >= 15 is 0 Å². The van der Waals surface area contributed by atoms with E-state index in [0.29, 0.717) is 5.92 Å². The third-order valence-electron chi connectivity index (χ3n) is 3.26. The van der Waals surface area contributed by atoms with Crippen molar-refractivity contribution in [1.82, 2.24) is 9.88 Å². The number of nitrogen functional groups attached to an aromatic ring is 1. The SMILES string of the molecule is CC(CNc1ccncc1N)CN1CCCC1. The van der Waals surface area contributed by atoms with Gasteiger partial charge in [-0.2, -0.15) is 0 Å². The van der Waals surface area contributed by atoms with Crippen LogP contribution in [-0.4, -0.2) is 36.1 Å². The number of rotatable bonds is 5. The Kier molecular flexibility index (Phi) is 4.20. The maximum Gasteiger partial charge on any atom is 0.0736 e. The fraction of sp³-hybridized carbons (Fsp3) is 0.615. The number of hydrogen-bond donors (Lipinski definition) is 2. The molecule has 1 aromatic rings. The summed E-state index contributed by atoms with van der Waals surface area (Å²) in [5.41, 5.74) is 7.55. The van der Waals surface area contributed by atoms with Gasteiger partial charge in [-0.15, -0.1) is 0 Å². The van der Waals surface area contributed by atoms with Gasteiger partial charge in [0, 0.05) is 19.3 Å². The molecule has 0 aliphatic carbocycles. The van der Waals surface area contributed by atoms with Crippen LogP contribution in [0.3, 0.4) is 0 Å². The third-order valence-corrected chi connectivity index (χ3v) is 3.26. The zero-order chi connectivity index (χ0) is 12.1. The first-order valence-electron chi connectivity index (χ1n) is 6.41. The zero-order valence-corrected chi connectivity index (χ0v) is 10.5. The van der Waals surface area contributed by atoms with Gasteiger partial charge in [-0.1, -0.05) is 6.92 Å². The number of pyridine rings is 1. The van der Waals surface area contributed by atoms with Gasteiger partial charge in [-0.25, -0.2) is 0 Å². The van der Waals surface area contributed by atoms with Crippen LogP contribution in [0.15, 0.2) is 18.5 Å². The minimum atomic E-state index is 0.640. The molecule has 1 saturated heterocycles. The standard InChI is InChI=1S/C13H22N4/c1-11(10-17-6-2-3-7-17)8-16-13-4-5-15-9-12(13)14/h4-5,9,11H,2-3,6-8,10,14H2,1H3,(H,15,16). The van der Waals surface area contributed by atoms with Crippen molar-refractivity contribution in [3.8, 4) is 0 Å². The first-order valence-corrected chi connectivity index (χ1v) is 6.41. The van der Waals surface area contributed by atoms with Gasteiger partial charge in [-0.3, -0.25) is 4.98 Å². The number of nitrogens with two attached hydrogens (primary N) is 1. The Hall–Kier alpha value is -1.29. The van der Waals surface area contributed by atoms with Crippen LogP contribution < -0.4 is 11.1 Å². The van der Waals surface area contributed by atoms with Crippen LogP contribution in [-0.2, 0) is 0 Å². The van der Waals surface area contributed by atoms with Crippen molar-refractivity contribution in [3.63, 3.8) is 0 Å². The normalized spacial score (nSPS) is 18.2. The summed E-state index contributed by atoms with van der Waals surface area (Å²) in [7, 11) is 0. The Morgan fingerprint density at radius 2 is 2.24 bits per heavy atom. The molecule has 0 amide bonds. The lowest BCUT2D eigenvalue weighted by atomic mass is 10.1. The van der Waals surface area contributed by atoms with E-state index in [4.69, 9.17) is 5.73 Å². The van der Waals surface area contributed by atoms with E-state index in [2.05, 4.69) is 22.1 Å². The summed E-state index contributed by atoms with van der Waals surface area (Å²) in [6, 6.07) is 1.93. The highest BCUT2D eigenvalue weighted by Gasteiger charge is 2.14. The third kappa shape index (κ3) is 3.60. The summed E-state index contributed by atoms with van der Waals surface area (Å²) in [5.74, 6) is 0.640. The molecule has 0 radical (unpaired) electrons. The molecule has 0 aromatic carbocycles. The summed E-state index contributed by atoms with van der Waals surface area (Å²) in [6.07, 6.45) is 6.17. The van der Waals surface area contributed by atoms with Crippen LogP contribution in [0.25, 0.3) is 0 Å². The van der Waals surface area contributed by atoms with Crippen molar-refractivity contribution in [1.29, 1.82) is 0 Å². The van der Waals surface area contributed by atoms with E-state index in [-0.39, 0.29) is 0 Å². The number of anilines is 2. The highest BCUT2D eigenvalue weighted by Crippen LogP contribution is 2.16. The molecular weight excluding hydrogens is 212 g/mol. The smallest absolute Gasteiger partial charge is 0.0736 e. The Labute approximate surface area is 103 Å².